The molecule has 3 atom stereocenters. The van der Waals surface area contributed by atoms with Crippen LogP contribution in [0.4, 0.5) is 4.79 Å². The lowest BCUT2D eigenvalue weighted by atomic mass is 9.82. The molecule has 120 valence electrons. The molecule has 2 rings (SSSR count). The fourth-order valence-corrected chi connectivity index (χ4v) is 3.08. The number of aliphatic carboxylic acids is 1. The summed E-state index contributed by atoms with van der Waals surface area (Å²) >= 11 is 0. The number of rotatable bonds is 2. The van der Waals surface area contributed by atoms with Gasteiger partial charge in [-0.05, 0) is 26.7 Å². The van der Waals surface area contributed by atoms with Gasteiger partial charge in [0, 0.05) is 19.6 Å². The van der Waals surface area contributed by atoms with E-state index in [-0.39, 0.29) is 31.4 Å². The SMILES string of the molecule is CC1CN(C(=O)N2CCCC(C)(C(=O)O)C2)CC(CO)O1. The Kier molecular flexibility index (Phi) is 4.73. The molecule has 2 aliphatic rings. The standard InChI is InChI=1S/C14H24N2O5/c1-10-6-16(7-11(8-17)21-10)13(20)15-5-3-4-14(2,9-15)12(18)19/h10-11,17H,3-9H2,1-2H3,(H,18,19). The van der Waals surface area contributed by atoms with E-state index in [2.05, 4.69) is 0 Å². The Morgan fingerprint density at radius 2 is 2.05 bits per heavy atom. The van der Waals surface area contributed by atoms with Gasteiger partial charge in [-0.15, -0.1) is 0 Å². The van der Waals surface area contributed by atoms with Crippen molar-refractivity contribution >= 4 is 12.0 Å². The molecule has 0 aliphatic carbocycles. The Morgan fingerprint density at radius 1 is 1.33 bits per heavy atom. The molecule has 2 heterocycles. The van der Waals surface area contributed by atoms with Gasteiger partial charge in [0.25, 0.3) is 0 Å². The van der Waals surface area contributed by atoms with Crippen LogP contribution in [0.2, 0.25) is 0 Å². The van der Waals surface area contributed by atoms with Crippen LogP contribution < -0.4 is 0 Å². The van der Waals surface area contributed by atoms with Crippen LogP contribution in [0.25, 0.3) is 0 Å². The highest BCUT2D eigenvalue weighted by Gasteiger charge is 2.41. The summed E-state index contributed by atoms with van der Waals surface area (Å²) in [4.78, 5) is 27.2. The summed E-state index contributed by atoms with van der Waals surface area (Å²) in [5, 5.41) is 18.5. The number of urea groups is 1. The number of carboxylic acids is 1. The molecule has 0 saturated carbocycles. The molecule has 2 amide bonds. The summed E-state index contributed by atoms with van der Waals surface area (Å²) in [7, 11) is 0. The van der Waals surface area contributed by atoms with Gasteiger partial charge in [0.15, 0.2) is 0 Å². The van der Waals surface area contributed by atoms with Crippen molar-refractivity contribution in [3.63, 3.8) is 0 Å². The van der Waals surface area contributed by atoms with Crippen LogP contribution in [0.15, 0.2) is 0 Å². The maximum absolute atomic E-state index is 12.6. The van der Waals surface area contributed by atoms with E-state index >= 15 is 0 Å². The lowest BCUT2D eigenvalue weighted by Crippen LogP contribution is -2.57. The molecule has 0 spiro atoms. The number of aliphatic hydroxyl groups excluding tert-OH is 1. The van der Waals surface area contributed by atoms with Gasteiger partial charge in [-0.1, -0.05) is 0 Å². The van der Waals surface area contributed by atoms with Crippen molar-refractivity contribution in [3.05, 3.63) is 0 Å². The molecule has 7 nitrogen and oxygen atoms in total. The minimum absolute atomic E-state index is 0.124. The number of piperidine rings is 1. The number of nitrogens with zero attached hydrogens (tertiary/aromatic N) is 2. The molecule has 2 N–H and O–H groups in total. The molecule has 0 aromatic heterocycles. The van der Waals surface area contributed by atoms with Crippen LogP contribution in [-0.4, -0.2) is 77.0 Å². The summed E-state index contributed by atoms with van der Waals surface area (Å²) in [6, 6.07) is -0.157. The predicted molar refractivity (Wildman–Crippen MR) is 74.9 cm³/mol. The van der Waals surface area contributed by atoms with Crippen molar-refractivity contribution in [2.45, 2.75) is 38.9 Å². The minimum atomic E-state index is -0.873. The molecule has 2 fully saturated rings. The number of carbonyl (C=O) groups is 2. The second-order valence-corrected chi connectivity index (χ2v) is 6.33. The number of carboxylic acid groups (broad SMARTS) is 1. The fourth-order valence-electron chi connectivity index (χ4n) is 3.08. The third kappa shape index (κ3) is 3.47. The second kappa shape index (κ2) is 6.19. The van der Waals surface area contributed by atoms with Gasteiger partial charge >= 0.3 is 12.0 Å². The molecule has 3 unspecified atom stereocenters. The number of morpholine rings is 1. The first kappa shape index (κ1) is 16.0. The van der Waals surface area contributed by atoms with Crippen molar-refractivity contribution in [1.82, 2.24) is 9.80 Å². The molecule has 7 heteroatoms. The minimum Gasteiger partial charge on any atom is -0.481 e. The quantitative estimate of drug-likeness (QED) is 0.769. The van der Waals surface area contributed by atoms with Crippen molar-refractivity contribution in [3.8, 4) is 0 Å². The first-order valence-electron chi connectivity index (χ1n) is 7.39. The fraction of sp³-hybridized carbons (Fsp3) is 0.857. The lowest BCUT2D eigenvalue weighted by Gasteiger charge is -2.42. The Labute approximate surface area is 124 Å². The van der Waals surface area contributed by atoms with Crippen LogP contribution in [0.3, 0.4) is 0 Å². The molecule has 0 aromatic carbocycles. The largest absolute Gasteiger partial charge is 0.481 e. The molecular formula is C14H24N2O5. The smallest absolute Gasteiger partial charge is 0.320 e. The van der Waals surface area contributed by atoms with Crippen LogP contribution in [0.1, 0.15) is 26.7 Å². The molecule has 0 bridgehead atoms. The summed E-state index contributed by atoms with van der Waals surface area (Å²) in [5.41, 5.74) is -0.873. The average Bonchev–Trinajstić information content (AvgIpc) is 2.45. The van der Waals surface area contributed by atoms with E-state index in [0.29, 0.717) is 32.5 Å². The molecule has 2 aliphatic heterocycles. The molecule has 2 saturated heterocycles. The highest BCUT2D eigenvalue weighted by atomic mass is 16.5. The van der Waals surface area contributed by atoms with Gasteiger partial charge in [0.05, 0.1) is 30.8 Å². The van der Waals surface area contributed by atoms with E-state index in [1.54, 1.807) is 16.7 Å². The van der Waals surface area contributed by atoms with E-state index in [1.807, 2.05) is 6.92 Å². The number of likely N-dealkylation sites (tertiary alicyclic amines) is 1. The number of hydrogen-bond acceptors (Lipinski definition) is 4. The Bertz CT molecular complexity index is 416. The van der Waals surface area contributed by atoms with Crippen LogP contribution >= 0.6 is 0 Å². The van der Waals surface area contributed by atoms with E-state index in [4.69, 9.17) is 4.74 Å². The lowest BCUT2D eigenvalue weighted by molar-refractivity contribution is -0.150. The summed E-state index contributed by atoms with van der Waals surface area (Å²) in [6.07, 6.45) is 0.784. The number of amides is 2. The highest BCUT2D eigenvalue weighted by molar-refractivity contribution is 5.78. The van der Waals surface area contributed by atoms with Crippen molar-refractivity contribution in [1.29, 1.82) is 0 Å². The van der Waals surface area contributed by atoms with Gasteiger partial charge in [0.2, 0.25) is 0 Å². The van der Waals surface area contributed by atoms with Crippen LogP contribution in [0.5, 0.6) is 0 Å². The van der Waals surface area contributed by atoms with Gasteiger partial charge in [0.1, 0.15) is 0 Å². The second-order valence-electron chi connectivity index (χ2n) is 6.33. The zero-order chi connectivity index (χ0) is 15.6. The first-order chi connectivity index (χ1) is 9.85. The van der Waals surface area contributed by atoms with Gasteiger partial charge in [-0.25, -0.2) is 4.79 Å². The zero-order valence-electron chi connectivity index (χ0n) is 12.6. The number of aliphatic hydroxyl groups is 1. The molecule has 0 radical (unpaired) electrons. The Hall–Kier alpha value is -1.34. The number of hydrogen-bond donors (Lipinski definition) is 2. The zero-order valence-corrected chi connectivity index (χ0v) is 12.6. The molecule has 0 aromatic rings. The normalized spacial score (nSPS) is 33.9. The monoisotopic (exact) mass is 300 g/mol. The van der Waals surface area contributed by atoms with Crippen LogP contribution in [-0.2, 0) is 9.53 Å². The topological polar surface area (TPSA) is 90.3 Å². The Balaban J connectivity index is 2.03. The van der Waals surface area contributed by atoms with Crippen molar-refractivity contribution in [2.75, 3.05) is 32.8 Å². The third-order valence-corrected chi connectivity index (χ3v) is 4.28. The van der Waals surface area contributed by atoms with E-state index in [1.165, 1.54) is 0 Å². The van der Waals surface area contributed by atoms with Crippen molar-refractivity contribution in [2.24, 2.45) is 5.41 Å². The van der Waals surface area contributed by atoms with Crippen molar-refractivity contribution < 1.29 is 24.5 Å². The number of ether oxygens (including phenoxy) is 1. The average molecular weight is 300 g/mol. The summed E-state index contributed by atoms with van der Waals surface area (Å²) in [6.45, 7) is 5.05. The van der Waals surface area contributed by atoms with Crippen LogP contribution in [0, 0.1) is 5.41 Å². The molecule has 21 heavy (non-hydrogen) atoms. The maximum atomic E-state index is 12.6. The number of carbonyl (C=O) groups excluding carboxylic acids is 1. The Morgan fingerprint density at radius 3 is 2.67 bits per heavy atom. The summed E-state index contributed by atoms with van der Waals surface area (Å²) in [5.74, 6) is -0.858. The summed E-state index contributed by atoms with van der Waals surface area (Å²) < 4.78 is 5.53. The maximum Gasteiger partial charge on any atom is 0.320 e. The van der Waals surface area contributed by atoms with E-state index in [0.717, 1.165) is 0 Å². The van der Waals surface area contributed by atoms with E-state index < -0.39 is 11.4 Å². The third-order valence-electron chi connectivity index (χ3n) is 4.28. The van der Waals surface area contributed by atoms with E-state index in [9.17, 15) is 19.8 Å². The van der Waals surface area contributed by atoms with Gasteiger partial charge in [-0.2, -0.15) is 0 Å². The molecular weight excluding hydrogens is 276 g/mol. The first-order valence-corrected chi connectivity index (χ1v) is 7.39. The van der Waals surface area contributed by atoms with Gasteiger partial charge in [-0.3, -0.25) is 4.79 Å². The highest BCUT2D eigenvalue weighted by Crippen LogP contribution is 2.30. The van der Waals surface area contributed by atoms with Gasteiger partial charge < -0.3 is 24.7 Å². The predicted octanol–water partition coefficient (Wildman–Crippen LogP) is 0.375.